The lowest BCUT2D eigenvalue weighted by Gasteiger charge is -2.18. The minimum atomic E-state index is -0.829. The van der Waals surface area contributed by atoms with Crippen molar-refractivity contribution >= 4 is 17.1 Å². The maximum absolute atomic E-state index is 13.4. The number of aromatic nitrogens is 1. The number of halogens is 1. The Morgan fingerprint density at radius 3 is 2.67 bits per heavy atom. The third kappa shape index (κ3) is 2.61. The Balaban J connectivity index is 2.23. The number of hydrogen-bond acceptors (Lipinski definition) is 3. The third-order valence-corrected chi connectivity index (χ3v) is 2.21. The first-order valence-electron chi connectivity index (χ1n) is 5.54. The molecule has 0 aliphatic rings. The van der Waals surface area contributed by atoms with Crippen LogP contribution in [-0.4, -0.2) is 16.5 Å². The Bertz CT molecular complexity index is 583. The van der Waals surface area contributed by atoms with Gasteiger partial charge in [0.05, 0.1) is 5.52 Å². The highest BCUT2D eigenvalue weighted by molar-refractivity contribution is 5.80. The summed E-state index contributed by atoms with van der Waals surface area (Å²) in [5.41, 5.74) is -0.161. The molecular weight excluding hydrogens is 237 g/mol. The molecule has 1 aromatic heterocycles. The summed E-state index contributed by atoms with van der Waals surface area (Å²) in [7, 11) is 0. The van der Waals surface area contributed by atoms with Gasteiger partial charge in [0.25, 0.3) is 0 Å². The highest BCUT2D eigenvalue weighted by atomic mass is 19.1. The average molecular weight is 251 g/mol. The van der Waals surface area contributed by atoms with Crippen molar-refractivity contribution in [2.24, 2.45) is 0 Å². The van der Waals surface area contributed by atoms with Crippen LogP contribution in [0.2, 0.25) is 0 Å². The fraction of sp³-hybridized carbons (Fsp3) is 0.308. The van der Waals surface area contributed by atoms with Crippen LogP contribution in [-0.2, 0) is 4.74 Å². The fourth-order valence-corrected chi connectivity index (χ4v) is 1.53. The highest BCUT2D eigenvalue weighted by Gasteiger charge is 2.19. The average Bonchev–Trinajstić information content (AvgIpc) is 2.60. The first kappa shape index (κ1) is 12.4. The van der Waals surface area contributed by atoms with Gasteiger partial charge in [0.1, 0.15) is 11.4 Å². The highest BCUT2D eigenvalue weighted by Crippen LogP contribution is 2.18. The van der Waals surface area contributed by atoms with Crippen molar-refractivity contribution in [2.45, 2.75) is 26.4 Å². The number of ether oxygens (including phenoxy) is 1. The molecule has 0 aliphatic carbocycles. The Labute approximate surface area is 104 Å². The van der Waals surface area contributed by atoms with Crippen LogP contribution in [0.4, 0.5) is 9.18 Å². The molecule has 0 bridgehead atoms. The summed E-state index contributed by atoms with van der Waals surface area (Å²) in [6.45, 7) is 5.21. The summed E-state index contributed by atoms with van der Waals surface area (Å²) in [6.07, 6.45) is 0.641. The Morgan fingerprint density at radius 1 is 1.28 bits per heavy atom. The van der Waals surface area contributed by atoms with Crippen LogP contribution in [0.3, 0.4) is 0 Å². The molecular formula is C13H14FNO3. The zero-order valence-electron chi connectivity index (χ0n) is 10.4. The van der Waals surface area contributed by atoms with Gasteiger partial charge in [0, 0.05) is 11.6 Å². The number of rotatable bonds is 1. The van der Waals surface area contributed by atoms with E-state index >= 15 is 0 Å². The lowest BCUT2D eigenvalue weighted by molar-refractivity contribution is -0.00873. The van der Waals surface area contributed by atoms with Crippen LogP contribution in [0.15, 0.2) is 30.5 Å². The molecule has 1 aromatic carbocycles. The maximum Gasteiger partial charge on any atom is 0.534 e. The SMILES string of the molecule is CC(C)(C)OC(=O)On1ccc2c(F)cccc21. The van der Waals surface area contributed by atoms with Crippen molar-refractivity contribution in [3.05, 3.63) is 36.3 Å². The van der Waals surface area contributed by atoms with Gasteiger partial charge < -0.3 is 9.57 Å². The molecule has 1 heterocycles. The first-order chi connectivity index (χ1) is 8.37. The summed E-state index contributed by atoms with van der Waals surface area (Å²) >= 11 is 0. The van der Waals surface area contributed by atoms with E-state index in [4.69, 9.17) is 9.57 Å². The number of benzene rings is 1. The normalized spacial score (nSPS) is 11.6. The van der Waals surface area contributed by atoms with E-state index in [9.17, 15) is 9.18 Å². The molecule has 0 spiro atoms. The Morgan fingerprint density at radius 2 is 2.00 bits per heavy atom. The molecule has 0 amide bonds. The van der Waals surface area contributed by atoms with Crippen LogP contribution in [0.1, 0.15) is 20.8 Å². The van der Waals surface area contributed by atoms with Crippen molar-refractivity contribution in [3.63, 3.8) is 0 Å². The van der Waals surface area contributed by atoms with Crippen LogP contribution in [0.25, 0.3) is 10.9 Å². The van der Waals surface area contributed by atoms with Gasteiger partial charge in [-0.25, -0.2) is 9.18 Å². The summed E-state index contributed by atoms with van der Waals surface area (Å²) < 4.78 is 19.6. The largest absolute Gasteiger partial charge is 0.534 e. The van der Waals surface area contributed by atoms with Gasteiger partial charge in [-0.15, -0.1) is 0 Å². The quantitative estimate of drug-likeness (QED) is 0.731. The topological polar surface area (TPSA) is 40.5 Å². The molecule has 0 saturated heterocycles. The fourth-order valence-electron chi connectivity index (χ4n) is 1.53. The van der Waals surface area contributed by atoms with E-state index in [-0.39, 0.29) is 5.82 Å². The summed E-state index contributed by atoms with van der Waals surface area (Å²) in [5.74, 6) is -0.362. The predicted octanol–water partition coefficient (Wildman–Crippen LogP) is 3.14. The Hall–Kier alpha value is -2.04. The monoisotopic (exact) mass is 251 g/mol. The number of fused-ring (bicyclic) bond motifs is 1. The zero-order chi connectivity index (χ0) is 13.3. The van der Waals surface area contributed by atoms with E-state index in [2.05, 4.69) is 0 Å². The van der Waals surface area contributed by atoms with Crippen molar-refractivity contribution in [1.29, 1.82) is 0 Å². The van der Waals surface area contributed by atoms with Crippen molar-refractivity contribution in [1.82, 2.24) is 4.73 Å². The minimum absolute atomic E-state index is 0.362. The molecule has 0 radical (unpaired) electrons. The van der Waals surface area contributed by atoms with Gasteiger partial charge in [0.15, 0.2) is 0 Å². The van der Waals surface area contributed by atoms with E-state index in [1.807, 2.05) is 0 Å². The summed E-state index contributed by atoms with van der Waals surface area (Å²) in [5, 5.41) is 0.390. The van der Waals surface area contributed by atoms with Gasteiger partial charge in [-0.2, -0.15) is 4.73 Å². The van der Waals surface area contributed by atoms with Crippen molar-refractivity contribution < 1.29 is 18.8 Å². The Kier molecular flexibility index (Phi) is 2.98. The van der Waals surface area contributed by atoms with Crippen LogP contribution < -0.4 is 4.84 Å². The molecule has 0 unspecified atom stereocenters. The van der Waals surface area contributed by atoms with Crippen LogP contribution in [0, 0.1) is 5.82 Å². The molecule has 0 atom stereocenters. The molecule has 2 aromatic rings. The molecule has 0 fully saturated rings. The zero-order valence-corrected chi connectivity index (χ0v) is 10.4. The molecule has 4 nitrogen and oxygen atoms in total. The minimum Gasteiger partial charge on any atom is -0.427 e. The van der Waals surface area contributed by atoms with Gasteiger partial charge in [-0.3, -0.25) is 0 Å². The van der Waals surface area contributed by atoms with Crippen molar-refractivity contribution in [2.75, 3.05) is 0 Å². The second kappa shape index (κ2) is 4.33. The van der Waals surface area contributed by atoms with E-state index < -0.39 is 11.8 Å². The summed E-state index contributed by atoms with van der Waals surface area (Å²) in [4.78, 5) is 16.5. The second-order valence-corrected chi connectivity index (χ2v) is 4.87. The lowest BCUT2D eigenvalue weighted by atomic mass is 10.2. The van der Waals surface area contributed by atoms with Gasteiger partial charge in [0.2, 0.25) is 0 Å². The molecule has 0 aliphatic heterocycles. The molecule has 2 rings (SSSR count). The molecule has 18 heavy (non-hydrogen) atoms. The standard InChI is InChI=1S/C13H14FNO3/c1-13(2,3)17-12(16)18-15-8-7-9-10(14)5-4-6-11(9)15/h4-8H,1-3H3. The lowest BCUT2D eigenvalue weighted by Crippen LogP contribution is -2.29. The van der Waals surface area contributed by atoms with Gasteiger partial charge in [-0.05, 0) is 39.0 Å². The van der Waals surface area contributed by atoms with Gasteiger partial charge in [-0.1, -0.05) is 6.07 Å². The van der Waals surface area contributed by atoms with E-state index in [0.29, 0.717) is 10.9 Å². The molecule has 0 N–H and O–H groups in total. The maximum atomic E-state index is 13.4. The number of nitrogens with zero attached hydrogens (tertiary/aromatic N) is 1. The predicted molar refractivity (Wildman–Crippen MR) is 64.7 cm³/mol. The summed E-state index contributed by atoms with van der Waals surface area (Å²) in [6, 6.07) is 6.09. The number of carbonyl (C=O) groups is 1. The third-order valence-electron chi connectivity index (χ3n) is 2.21. The van der Waals surface area contributed by atoms with E-state index in [0.717, 1.165) is 0 Å². The number of carbonyl (C=O) groups excluding carboxylic acids is 1. The van der Waals surface area contributed by atoms with Crippen LogP contribution >= 0.6 is 0 Å². The number of hydrogen-bond donors (Lipinski definition) is 0. The molecule has 5 heteroatoms. The second-order valence-electron chi connectivity index (χ2n) is 4.87. The molecule has 96 valence electrons. The first-order valence-corrected chi connectivity index (χ1v) is 5.54. The van der Waals surface area contributed by atoms with Crippen LogP contribution in [0.5, 0.6) is 0 Å². The van der Waals surface area contributed by atoms with E-state index in [1.165, 1.54) is 23.1 Å². The van der Waals surface area contributed by atoms with Gasteiger partial charge >= 0.3 is 6.16 Å². The smallest absolute Gasteiger partial charge is 0.427 e. The molecule has 0 saturated carbocycles. The van der Waals surface area contributed by atoms with Crippen molar-refractivity contribution in [3.8, 4) is 0 Å². The van der Waals surface area contributed by atoms with E-state index in [1.54, 1.807) is 32.9 Å².